The summed E-state index contributed by atoms with van der Waals surface area (Å²) in [6, 6.07) is 0. The van der Waals surface area contributed by atoms with Crippen molar-refractivity contribution in [1.82, 2.24) is 4.90 Å². The highest BCUT2D eigenvalue weighted by atomic mass is 32.1. The maximum atomic E-state index is 12.1. The number of fused-ring (bicyclic) bond motifs is 1. The SMILES string of the molecule is CCN(C)C(=O)c1csc2c1CCCC2=NO. The number of carbonyl (C=O) groups excluding carboxylic acids is 1. The largest absolute Gasteiger partial charge is 0.411 e. The molecule has 0 aromatic carbocycles. The van der Waals surface area contributed by atoms with Crippen LogP contribution in [0.2, 0.25) is 0 Å². The van der Waals surface area contributed by atoms with Crippen LogP contribution in [0.5, 0.6) is 0 Å². The van der Waals surface area contributed by atoms with Crippen LogP contribution in [0.25, 0.3) is 0 Å². The van der Waals surface area contributed by atoms with Crippen LogP contribution in [0.15, 0.2) is 10.5 Å². The monoisotopic (exact) mass is 252 g/mol. The molecule has 1 aliphatic rings. The van der Waals surface area contributed by atoms with E-state index in [1.165, 1.54) is 11.3 Å². The second-order valence-electron chi connectivity index (χ2n) is 4.18. The Morgan fingerprint density at radius 2 is 2.35 bits per heavy atom. The predicted octanol–water partition coefficient (Wildman–Crippen LogP) is 2.35. The summed E-state index contributed by atoms with van der Waals surface area (Å²) >= 11 is 1.50. The maximum absolute atomic E-state index is 12.1. The van der Waals surface area contributed by atoms with Gasteiger partial charge in [0, 0.05) is 19.0 Å². The van der Waals surface area contributed by atoms with Crippen molar-refractivity contribution >= 4 is 23.0 Å². The quantitative estimate of drug-likeness (QED) is 0.649. The van der Waals surface area contributed by atoms with E-state index in [4.69, 9.17) is 5.21 Å². The molecule has 1 aromatic rings. The van der Waals surface area contributed by atoms with Crippen LogP contribution in [0, 0.1) is 0 Å². The summed E-state index contributed by atoms with van der Waals surface area (Å²) in [4.78, 5) is 14.8. The van der Waals surface area contributed by atoms with Crippen LogP contribution in [0.1, 0.15) is 40.6 Å². The first-order valence-corrected chi connectivity index (χ1v) is 6.64. The normalized spacial score (nSPS) is 16.9. The molecule has 0 saturated carbocycles. The molecule has 1 aromatic heterocycles. The molecule has 0 spiro atoms. The lowest BCUT2D eigenvalue weighted by Crippen LogP contribution is -2.27. The van der Waals surface area contributed by atoms with E-state index in [1.807, 2.05) is 12.3 Å². The Morgan fingerprint density at radius 3 is 3.00 bits per heavy atom. The van der Waals surface area contributed by atoms with E-state index in [2.05, 4.69) is 5.16 Å². The Labute approximate surface area is 105 Å². The molecule has 17 heavy (non-hydrogen) atoms. The van der Waals surface area contributed by atoms with Gasteiger partial charge in [0.2, 0.25) is 0 Å². The number of rotatable bonds is 2. The highest BCUT2D eigenvalue weighted by Crippen LogP contribution is 2.31. The zero-order valence-corrected chi connectivity index (χ0v) is 10.9. The fraction of sp³-hybridized carbons (Fsp3) is 0.500. The zero-order valence-electron chi connectivity index (χ0n) is 10.1. The first kappa shape index (κ1) is 12.1. The van der Waals surface area contributed by atoms with Gasteiger partial charge in [0.1, 0.15) is 0 Å². The second kappa shape index (κ2) is 4.87. The van der Waals surface area contributed by atoms with E-state index in [1.54, 1.807) is 11.9 Å². The molecule has 0 atom stereocenters. The molecule has 1 aliphatic carbocycles. The molecule has 5 heteroatoms. The minimum Gasteiger partial charge on any atom is -0.411 e. The summed E-state index contributed by atoms with van der Waals surface area (Å²) in [5.74, 6) is 0.0594. The molecule has 92 valence electrons. The topological polar surface area (TPSA) is 52.9 Å². The third kappa shape index (κ3) is 2.07. The minimum absolute atomic E-state index is 0.0594. The van der Waals surface area contributed by atoms with Gasteiger partial charge in [0.15, 0.2) is 0 Å². The van der Waals surface area contributed by atoms with Gasteiger partial charge < -0.3 is 10.1 Å². The number of hydrogen-bond acceptors (Lipinski definition) is 4. The number of amides is 1. The van der Waals surface area contributed by atoms with Crippen molar-refractivity contribution in [3.8, 4) is 0 Å². The molecule has 0 bridgehead atoms. The molecule has 0 saturated heterocycles. The van der Waals surface area contributed by atoms with E-state index in [0.717, 1.165) is 41.0 Å². The Morgan fingerprint density at radius 1 is 1.59 bits per heavy atom. The molecule has 0 unspecified atom stereocenters. The van der Waals surface area contributed by atoms with Gasteiger partial charge in [0.25, 0.3) is 5.91 Å². The Bertz CT molecular complexity index is 465. The highest BCUT2D eigenvalue weighted by molar-refractivity contribution is 7.12. The van der Waals surface area contributed by atoms with Gasteiger partial charge in [-0.25, -0.2) is 0 Å². The van der Waals surface area contributed by atoms with Crippen LogP contribution < -0.4 is 0 Å². The fourth-order valence-corrected chi connectivity index (χ4v) is 3.16. The van der Waals surface area contributed by atoms with Crippen LogP contribution in [0.3, 0.4) is 0 Å². The van der Waals surface area contributed by atoms with Crippen LogP contribution in [-0.4, -0.2) is 35.3 Å². The third-order valence-electron chi connectivity index (χ3n) is 3.17. The molecule has 0 aliphatic heterocycles. The molecular formula is C12H16N2O2S. The van der Waals surface area contributed by atoms with Gasteiger partial charge in [0.05, 0.1) is 16.2 Å². The molecule has 0 radical (unpaired) electrons. The van der Waals surface area contributed by atoms with E-state index >= 15 is 0 Å². The summed E-state index contributed by atoms with van der Waals surface area (Å²) < 4.78 is 0. The van der Waals surface area contributed by atoms with Crippen molar-refractivity contribution < 1.29 is 10.0 Å². The number of thiophene rings is 1. The summed E-state index contributed by atoms with van der Waals surface area (Å²) in [7, 11) is 1.80. The molecule has 1 amide bonds. The molecule has 0 fully saturated rings. The lowest BCUT2D eigenvalue weighted by atomic mass is 9.94. The fourth-order valence-electron chi connectivity index (χ4n) is 2.04. The summed E-state index contributed by atoms with van der Waals surface area (Å²) in [5.41, 5.74) is 2.55. The summed E-state index contributed by atoms with van der Waals surface area (Å²) in [6.45, 7) is 2.65. The lowest BCUT2D eigenvalue weighted by molar-refractivity contribution is 0.0802. The van der Waals surface area contributed by atoms with Gasteiger partial charge in [-0.1, -0.05) is 5.16 Å². The van der Waals surface area contributed by atoms with Crippen LogP contribution in [-0.2, 0) is 6.42 Å². The zero-order chi connectivity index (χ0) is 12.4. The van der Waals surface area contributed by atoms with E-state index in [0.29, 0.717) is 6.54 Å². The van der Waals surface area contributed by atoms with E-state index in [-0.39, 0.29) is 5.91 Å². The van der Waals surface area contributed by atoms with Gasteiger partial charge >= 0.3 is 0 Å². The summed E-state index contributed by atoms with van der Waals surface area (Å²) in [6.07, 6.45) is 2.64. The summed E-state index contributed by atoms with van der Waals surface area (Å²) in [5, 5.41) is 14.2. The predicted molar refractivity (Wildman–Crippen MR) is 68.2 cm³/mol. The Kier molecular flexibility index (Phi) is 3.47. The first-order valence-electron chi connectivity index (χ1n) is 5.76. The van der Waals surface area contributed by atoms with Crippen LogP contribution in [0.4, 0.5) is 0 Å². The van der Waals surface area contributed by atoms with Crippen molar-refractivity contribution in [3.05, 3.63) is 21.4 Å². The van der Waals surface area contributed by atoms with Crippen molar-refractivity contribution in [1.29, 1.82) is 0 Å². The highest BCUT2D eigenvalue weighted by Gasteiger charge is 2.25. The lowest BCUT2D eigenvalue weighted by Gasteiger charge is -2.17. The number of oxime groups is 1. The molecule has 2 rings (SSSR count). The van der Waals surface area contributed by atoms with Gasteiger partial charge in [-0.3, -0.25) is 4.79 Å². The minimum atomic E-state index is 0.0594. The maximum Gasteiger partial charge on any atom is 0.254 e. The molecular weight excluding hydrogens is 236 g/mol. The second-order valence-corrected chi connectivity index (χ2v) is 5.06. The molecule has 1 N–H and O–H groups in total. The number of carbonyl (C=O) groups is 1. The average molecular weight is 252 g/mol. The standard InChI is InChI=1S/C12H16N2O2S/c1-3-14(2)12(15)9-7-17-11-8(9)5-4-6-10(11)13-16/h7,16H,3-6H2,1-2H3. The van der Waals surface area contributed by atoms with Crippen molar-refractivity contribution in [2.45, 2.75) is 26.2 Å². The van der Waals surface area contributed by atoms with E-state index in [9.17, 15) is 4.79 Å². The van der Waals surface area contributed by atoms with Crippen molar-refractivity contribution in [2.24, 2.45) is 5.16 Å². The molecule has 1 heterocycles. The Balaban J connectivity index is 2.39. The van der Waals surface area contributed by atoms with Crippen LogP contribution >= 0.6 is 11.3 Å². The van der Waals surface area contributed by atoms with Gasteiger partial charge in [-0.15, -0.1) is 11.3 Å². The van der Waals surface area contributed by atoms with Crippen molar-refractivity contribution in [2.75, 3.05) is 13.6 Å². The molecule has 4 nitrogen and oxygen atoms in total. The number of hydrogen-bond donors (Lipinski definition) is 1. The number of nitrogens with zero attached hydrogens (tertiary/aromatic N) is 2. The van der Waals surface area contributed by atoms with Gasteiger partial charge in [-0.2, -0.15) is 0 Å². The van der Waals surface area contributed by atoms with Crippen molar-refractivity contribution in [3.63, 3.8) is 0 Å². The van der Waals surface area contributed by atoms with Gasteiger partial charge in [-0.05, 0) is 31.7 Å². The Hall–Kier alpha value is -1.36. The smallest absolute Gasteiger partial charge is 0.254 e. The third-order valence-corrected chi connectivity index (χ3v) is 4.24. The van der Waals surface area contributed by atoms with E-state index < -0.39 is 0 Å². The first-order chi connectivity index (χ1) is 8.19. The average Bonchev–Trinajstić information content (AvgIpc) is 2.80.